The van der Waals surface area contributed by atoms with Crippen LogP contribution in [0.4, 0.5) is 0 Å². The summed E-state index contributed by atoms with van der Waals surface area (Å²) < 4.78 is 0. The molecule has 0 saturated heterocycles. The molecule has 0 aliphatic rings. The van der Waals surface area contributed by atoms with Gasteiger partial charge in [0, 0.05) is 6.04 Å². The van der Waals surface area contributed by atoms with Gasteiger partial charge in [-0.25, -0.2) is 0 Å². The Hall–Kier alpha value is -1.35. The Kier molecular flexibility index (Phi) is 5.35. The zero-order valence-electron chi connectivity index (χ0n) is 11.4. The summed E-state index contributed by atoms with van der Waals surface area (Å²) in [5, 5.41) is 12.4. The summed E-state index contributed by atoms with van der Waals surface area (Å²) in [7, 11) is 0. The SMILES string of the molecule is CCC(C)(NC(C)CCc1ccccc1)C(=O)O. The van der Waals surface area contributed by atoms with E-state index in [2.05, 4.69) is 17.4 Å². The molecule has 0 aromatic heterocycles. The third kappa shape index (κ3) is 4.15. The van der Waals surface area contributed by atoms with Gasteiger partial charge >= 0.3 is 5.97 Å². The molecule has 100 valence electrons. The number of rotatable bonds is 7. The van der Waals surface area contributed by atoms with Crippen molar-refractivity contribution in [3.63, 3.8) is 0 Å². The predicted octanol–water partition coefficient (Wildman–Crippen LogP) is 2.85. The molecular formula is C15H23NO2. The maximum atomic E-state index is 11.2. The molecule has 1 aromatic carbocycles. The number of hydrogen-bond donors (Lipinski definition) is 2. The summed E-state index contributed by atoms with van der Waals surface area (Å²) >= 11 is 0. The molecule has 0 amide bonds. The molecule has 0 aliphatic heterocycles. The molecule has 3 heteroatoms. The summed E-state index contributed by atoms with van der Waals surface area (Å²) in [6.07, 6.45) is 2.49. The number of benzene rings is 1. The summed E-state index contributed by atoms with van der Waals surface area (Å²) in [5.41, 5.74) is 0.468. The van der Waals surface area contributed by atoms with Crippen molar-refractivity contribution in [2.45, 2.75) is 51.6 Å². The van der Waals surface area contributed by atoms with Crippen LogP contribution in [-0.2, 0) is 11.2 Å². The number of aliphatic carboxylic acids is 1. The van der Waals surface area contributed by atoms with Gasteiger partial charge in [0.2, 0.25) is 0 Å². The van der Waals surface area contributed by atoms with Gasteiger partial charge in [0.25, 0.3) is 0 Å². The van der Waals surface area contributed by atoms with Gasteiger partial charge in [-0.1, -0.05) is 37.3 Å². The average Bonchev–Trinajstić information content (AvgIpc) is 2.37. The molecule has 0 saturated carbocycles. The van der Waals surface area contributed by atoms with Crippen molar-refractivity contribution in [2.75, 3.05) is 0 Å². The summed E-state index contributed by atoms with van der Waals surface area (Å²) in [5.74, 6) is -0.781. The lowest BCUT2D eigenvalue weighted by Crippen LogP contribution is -2.52. The van der Waals surface area contributed by atoms with E-state index in [1.807, 2.05) is 32.0 Å². The number of nitrogens with one attached hydrogen (secondary N) is 1. The second-order valence-corrected chi connectivity index (χ2v) is 5.06. The highest BCUT2D eigenvalue weighted by Crippen LogP contribution is 2.13. The Morgan fingerprint density at radius 1 is 1.39 bits per heavy atom. The van der Waals surface area contributed by atoms with Crippen LogP contribution in [0.25, 0.3) is 0 Å². The van der Waals surface area contributed by atoms with Gasteiger partial charge in [-0.05, 0) is 38.7 Å². The van der Waals surface area contributed by atoms with Gasteiger partial charge < -0.3 is 5.11 Å². The summed E-state index contributed by atoms with van der Waals surface area (Å²) in [6.45, 7) is 5.68. The average molecular weight is 249 g/mol. The number of carboxylic acid groups (broad SMARTS) is 1. The van der Waals surface area contributed by atoms with E-state index in [0.717, 1.165) is 12.8 Å². The number of hydrogen-bond acceptors (Lipinski definition) is 2. The topological polar surface area (TPSA) is 49.3 Å². The maximum absolute atomic E-state index is 11.2. The Balaban J connectivity index is 2.47. The lowest BCUT2D eigenvalue weighted by atomic mass is 9.96. The molecular weight excluding hydrogens is 226 g/mol. The van der Waals surface area contributed by atoms with Crippen LogP contribution in [0.1, 0.15) is 39.2 Å². The van der Waals surface area contributed by atoms with Crippen LogP contribution in [0.3, 0.4) is 0 Å². The number of aryl methyl sites for hydroxylation is 1. The van der Waals surface area contributed by atoms with E-state index in [0.29, 0.717) is 6.42 Å². The molecule has 0 spiro atoms. The van der Waals surface area contributed by atoms with E-state index in [-0.39, 0.29) is 6.04 Å². The largest absolute Gasteiger partial charge is 0.480 e. The van der Waals surface area contributed by atoms with Gasteiger partial charge in [-0.15, -0.1) is 0 Å². The van der Waals surface area contributed by atoms with Crippen LogP contribution in [0, 0.1) is 0 Å². The highest BCUT2D eigenvalue weighted by molar-refractivity contribution is 5.78. The van der Waals surface area contributed by atoms with Crippen LogP contribution in [0.15, 0.2) is 30.3 Å². The smallest absolute Gasteiger partial charge is 0.323 e. The number of carbonyl (C=O) groups is 1. The molecule has 1 rings (SSSR count). The maximum Gasteiger partial charge on any atom is 0.323 e. The Morgan fingerprint density at radius 3 is 2.50 bits per heavy atom. The van der Waals surface area contributed by atoms with E-state index >= 15 is 0 Å². The zero-order chi connectivity index (χ0) is 13.6. The molecule has 2 atom stereocenters. The number of carboxylic acids is 1. The first-order valence-electron chi connectivity index (χ1n) is 6.53. The van der Waals surface area contributed by atoms with Crippen molar-refractivity contribution in [1.29, 1.82) is 0 Å². The first kappa shape index (κ1) is 14.7. The standard InChI is InChI=1S/C15H23NO2/c1-4-15(3,14(17)18)16-12(2)10-11-13-8-6-5-7-9-13/h5-9,12,16H,4,10-11H2,1-3H3,(H,17,18). The van der Waals surface area contributed by atoms with Gasteiger partial charge in [0.1, 0.15) is 5.54 Å². The molecule has 3 nitrogen and oxygen atoms in total. The van der Waals surface area contributed by atoms with E-state index in [1.165, 1.54) is 5.56 Å². The molecule has 2 unspecified atom stereocenters. The molecule has 2 N–H and O–H groups in total. The summed E-state index contributed by atoms with van der Waals surface area (Å²) in [6, 6.07) is 10.4. The van der Waals surface area contributed by atoms with Crippen LogP contribution >= 0.6 is 0 Å². The van der Waals surface area contributed by atoms with Gasteiger partial charge in [-0.2, -0.15) is 0 Å². The van der Waals surface area contributed by atoms with E-state index in [9.17, 15) is 9.90 Å². The fourth-order valence-corrected chi connectivity index (χ4v) is 1.96. The Morgan fingerprint density at radius 2 is 2.00 bits per heavy atom. The quantitative estimate of drug-likeness (QED) is 0.781. The first-order chi connectivity index (χ1) is 8.48. The van der Waals surface area contributed by atoms with Gasteiger partial charge in [0.05, 0.1) is 0 Å². The highest BCUT2D eigenvalue weighted by Gasteiger charge is 2.31. The highest BCUT2D eigenvalue weighted by atomic mass is 16.4. The van der Waals surface area contributed by atoms with Crippen molar-refractivity contribution in [2.24, 2.45) is 0 Å². The van der Waals surface area contributed by atoms with Crippen molar-refractivity contribution >= 4 is 5.97 Å². The molecule has 0 heterocycles. The normalized spacial score (nSPS) is 15.9. The van der Waals surface area contributed by atoms with E-state index in [4.69, 9.17) is 0 Å². The molecule has 0 bridgehead atoms. The van der Waals surface area contributed by atoms with Crippen molar-refractivity contribution in [3.05, 3.63) is 35.9 Å². The molecule has 1 aromatic rings. The minimum absolute atomic E-state index is 0.186. The zero-order valence-corrected chi connectivity index (χ0v) is 11.4. The lowest BCUT2D eigenvalue weighted by Gasteiger charge is -2.29. The predicted molar refractivity (Wildman–Crippen MR) is 73.7 cm³/mol. The van der Waals surface area contributed by atoms with E-state index < -0.39 is 11.5 Å². The van der Waals surface area contributed by atoms with Crippen molar-refractivity contribution in [3.8, 4) is 0 Å². The lowest BCUT2D eigenvalue weighted by molar-refractivity contribution is -0.144. The van der Waals surface area contributed by atoms with Crippen molar-refractivity contribution in [1.82, 2.24) is 5.32 Å². The monoisotopic (exact) mass is 249 g/mol. The first-order valence-corrected chi connectivity index (χ1v) is 6.53. The molecule has 0 radical (unpaired) electrons. The van der Waals surface area contributed by atoms with Crippen LogP contribution < -0.4 is 5.32 Å². The van der Waals surface area contributed by atoms with Crippen molar-refractivity contribution < 1.29 is 9.90 Å². The fraction of sp³-hybridized carbons (Fsp3) is 0.533. The third-order valence-electron chi connectivity index (χ3n) is 3.45. The Bertz CT molecular complexity index is 377. The second-order valence-electron chi connectivity index (χ2n) is 5.06. The summed E-state index contributed by atoms with van der Waals surface area (Å²) in [4.78, 5) is 11.2. The van der Waals surface area contributed by atoms with Gasteiger partial charge in [-0.3, -0.25) is 10.1 Å². The van der Waals surface area contributed by atoms with Crippen LogP contribution in [-0.4, -0.2) is 22.7 Å². The van der Waals surface area contributed by atoms with Gasteiger partial charge in [0.15, 0.2) is 0 Å². The second kappa shape index (κ2) is 6.55. The third-order valence-corrected chi connectivity index (χ3v) is 3.45. The Labute approximate surface area is 109 Å². The molecule has 18 heavy (non-hydrogen) atoms. The van der Waals surface area contributed by atoms with Crippen LogP contribution in [0.2, 0.25) is 0 Å². The molecule has 0 aliphatic carbocycles. The molecule has 0 fully saturated rings. The van der Waals surface area contributed by atoms with E-state index in [1.54, 1.807) is 6.92 Å². The fourth-order valence-electron chi connectivity index (χ4n) is 1.96. The van der Waals surface area contributed by atoms with Crippen LogP contribution in [0.5, 0.6) is 0 Å². The minimum Gasteiger partial charge on any atom is -0.480 e. The minimum atomic E-state index is -0.823.